The zero-order valence-electron chi connectivity index (χ0n) is 10.7. The molecule has 2 aromatic heterocycles. The smallest absolute Gasteiger partial charge is 0.253 e. The van der Waals surface area contributed by atoms with Crippen LogP contribution in [0.3, 0.4) is 0 Å². The molecule has 2 heterocycles. The standard InChI is InChI=1S/C14H13N3O2S/c18-4-2-1-3-11-5-12(7-15-6-11)14(19)17-9-13-8-16-10-20-13/h5-8,10,18H,2,4,9H2,(H,17,19). The molecule has 0 unspecified atom stereocenters. The summed E-state index contributed by atoms with van der Waals surface area (Å²) in [6, 6.07) is 1.68. The molecule has 1 amide bonds. The van der Waals surface area contributed by atoms with Gasteiger partial charge in [0.2, 0.25) is 0 Å². The molecule has 0 saturated carbocycles. The van der Waals surface area contributed by atoms with Crippen LogP contribution in [0.15, 0.2) is 30.2 Å². The predicted octanol–water partition coefficient (Wildman–Crippen LogP) is 1.20. The maximum atomic E-state index is 12.0. The van der Waals surface area contributed by atoms with Crippen LogP contribution < -0.4 is 5.32 Å². The van der Waals surface area contributed by atoms with Gasteiger partial charge < -0.3 is 10.4 Å². The number of amides is 1. The molecular formula is C14H13N3O2S. The van der Waals surface area contributed by atoms with E-state index in [1.807, 2.05) is 0 Å². The maximum Gasteiger partial charge on any atom is 0.253 e. The Kier molecular flexibility index (Phi) is 5.24. The highest BCUT2D eigenvalue weighted by Gasteiger charge is 2.06. The van der Waals surface area contributed by atoms with Crippen molar-refractivity contribution in [3.8, 4) is 11.8 Å². The van der Waals surface area contributed by atoms with Gasteiger partial charge in [-0.3, -0.25) is 14.8 Å². The number of hydrogen-bond donors (Lipinski definition) is 2. The van der Waals surface area contributed by atoms with E-state index in [4.69, 9.17) is 5.11 Å². The molecule has 0 spiro atoms. The first kappa shape index (κ1) is 14.2. The molecule has 0 saturated heterocycles. The Morgan fingerprint density at radius 1 is 1.35 bits per heavy atom. The molecule has 0 bridgehead atoms. The summed E-state index contributed by atoms with van der Waals surface area (Å²) in [6.07, 6.45) is 5.21. The molecule has 6 heteroatoms. The van der Waals surface area contributed by atoms with E-state index in [0.717, 1.165) is 4.88 Å². The number of carbonyl (C=O) groups excluding carboxylic acids is 1. The average molecular weight is 287 g/mol. The quantitative estimate of drug-likeness (QED) is 0.829. The third-order valence-electron chi connectivity index (χ3n) is 2.38. The second-order valence-electron chi connectivity index (χ2n) is 3.89. The molecule has 0 aliphatic heterocycles. The van der Waals surface area contributed by atoms with Gasteiger partial charge in [0.05, 0.1) is 24.2 Å². The fourth-order valence-electron chi connectivity index (χ4n) is 1.45. The molecule has 20 heavy (non-hydrogen) atoms. The van der Waals surface area contributed by atoms with Gasteiger partial charge in [-0.15, -0.1) is 11.3 Å². The van der Waals surface area contributed by atoms with Gasteiger partial charge >= 0.3 is 0 Å². The first-order valence-corrected chi connectivity index (χ1v) is 6.88. The van der Waals surface area contributed by atoms with E-state index in [-0.39, 0.29) is 12.5 Å². The van der Waals surface area contributed by atoms with Crippen molar-refractivity contribution in [2.75, 3.05) is 6.61 Å². The zero-order valence-corrected chi connectivity index (χ0v) is 11.5. The lowest BCUT2D eigenvalue weighted by Crippen LogP contribution is -2.22. The highest BCUT2D eigenvalue weighted by Crippen LogP contribution is 2.06. The Balaban J connectivity index is 1.99. The molecule has 0 atom stereocenters. The van der Waals surface area contributed by atoms with Crippen LogP contribution in [0.5, 0.6) is 0 Å². The number of aliphatic hydroxyl groups excluding tert-OH is 1. The minimum atomic E-state index is -0.197. The Morgan fingerprint density at radius 2 is 2.25 bits per heavy atom. The molecule has 102 valence electrons. The summed E-state index contributed by atoms with van der Waals surface area (Å²) in [5.74, 6) is 5.45. The second kappa shape index (κ2) is 7.38. The van der Waals surface area contributed by atoms with Crippen LogP contribution in [-0.4, -0.2) is 27.6 Å². The van der Waals surface area contributed by atoms with Crippen molar-refractivity contribution in [1.82, 2.24) is 15.3 Å². The minimum Gasteiger partial charge on any atom is -0.395 e. The van der Waals surface area contributed by atoms with Crippen LogP contribution in [0.4, 0.5) is 0 Å². The normalized spacial score (nSPS) is 9.65. The highest BCUT2D eigenvalue weighted by molar-refractivity contribution is 7.09. The first-order valence-electron chi connectivity index (χ1n) is 6.00. The number of aliphatic hydroxyl groups is 1. The molecular weight excluding hydrogens is 274 g/mol. The molecule has 0 fully saturated rings. The number of thiazole rings is 1. The Morgan fingerprint density at radius 3 is 3.00 bits per heavy atom. The summed E-state index contributed by atoms with van der Waals surface area (Å²) in [4.78, 5) is 20.9. The van der Waals surface area contributed by atoms with E-state index in [2.05, 4.69) is 27.1 Å². The molecule has 0 aliphatic rings. The number of nitrogens with one attached hydrogen (secondary N) is 1. The van der Waals surface area contributed by atoms with Gasteiger partial charge in [-0.05, 0) is 6.07 Å². The van der Waals surface area contributed by atoms with Crippen LogP contribution in [0.2, 0.25) is 0 Å². The zero-order chi connectivity index (χ0) is 14.2. The average Bonchev–Trinajstić information content (AvgIpc) is 2.99. The molecule has 2 N–H and O–H groups in total. The van der Waals surface area contributed by atoms with E-state index in [0.29, 0.717) is 24.1 Å². The highest BCUT2D eigenvalue weighted by atomic mass is 32.1. The van der Waals surface area contributed by atoms with Crippen molar-refractivity contribution in [3.63, 3.8) is 0 Å². The second-order valence-corrected chi connectivity index (χ2v) is 4.86. The molecule has 5 nitrogen and oxygen atoms in total. The van der Waals surface area contributed by atoms with Gasteiger partial charge in [-0.1, -0.05) is 11.8 Å². The van der Waals surface area contributed by atoms with Crippen LogP contribution in [0.1, 0.15) is 27.2 Å². The van der Waals surface area contributed by atoms with E-state index < -0.39 is 0 Å². The van der Waals surface area contributed by atoms with Crippen LogP contribution in [0.25, 0.3) is 0 Å². The summed E-state index contributed by atoms with van der Waals surface area (Å²) >= 11 is 1.49. The van der Waals surface area contributed by atoms with Gasteiger partial charge in [0.1, 0.15) is 0 Å². The molecule has 2 aromatic rings. The van der Waals surface area contributed by atoms with E-state index in [1.165, 1.54) is 17.5 Å². The summed E-state index contributed by atoms with van der Waals surface area (Å²) in [7, 11) is 0. The van der Waals surface area contributed by atoms with Gasteiger partial charge in [0.25, 0.3) is 5.91 Å². The van der Waals surface area contributed by atoms with E-state index in [9.17, 15) is 4.79 Å². The van der Waals surface area contributed by atoms with Crippen LogP contribution in [-0.2, 0) is 6.54 Å². The van der Waals surface area contributed by atoms with Crippen molar-refractivity contribution in [2.24, 2.45) is 0 Å². The lowest BCUT2D eigenvalue weighted by atomic mass is 10.2. The number of aromatic nitrogens is 2. The molecule has 0 radical (unpaired) electrons. The number of hydrogen-bond acceptors (Lipinski definition) is 5. The third-order valence-corrected chi connectivity index (χ3v) is 3.16. The van der Waals surface area contributed by atoms with Gasteiger partial charge in [0, 0.05) is 35.5 Å². The topological polar surface area (TPSA) is 75.1 Å². The molecule has 0 aromatic carbocycles. The number of rotatable bonds is 4. The van der Waals surface area contributed by atoms with Crippen molar-refractivity contribution >= 4 is 17.2 Å². The molecule has 2 rings (SSSR count). The Labute approximate surface area is 120 Å². The van der Waals surface area contributed by atoms with E-state index >= 15 is 0 Å². The van der Waals surface area contributed by atoms with Crippen molar-refractivity contribution in [2.45, 2.75) is 13.0 Å². The number of nitrogens with zero attached hydrogens (tertiary/aromatic N) is 2. The summed E-state index contributed by atoms with van der Waals surface area (Å²) in [5.41, 5.74) is 2.84. The fraction of sp³-hybridized carbons (Fsp3) is 0.214. The van der Waals surface area contributed by atoms with Crippen LogP contribution in [0, 0.1) is 11.8 Å². The van der Waals surface area contributed by atoms with Gasteiger partial charge in [-0.2, -0.15) is 0 Å². The lowest BCUT2D eigenvalue weighted by molar-refractivity contribution is 0.0951. The Hall–Kier alpha value is -2.23. The van der Waals surface area contributed by atoms with Crippen molar-refractivity contribution in [1.29, 1.82) is 0 Å². The predicted molar refractivity (Wildman–Crippen MR) is 76.1 cm³/mol. The minimum absolute atomic E-state index is 0.0233. The summed E-state index contributed by atoms with van der Waals surface area (Å²) < 4.78 is 0. The third kappa shape index (κ3) is 4.16. The number of pyridine rings is 1. The lowest BCUT2D eigenvalue weighted by Gasteiger charge is -2.03. The molecule has 0 aliphatic carbocycles. The number of carbonyl (C=O) groups is 1. The van der Waals surface area contributed by atoms with Gasteiger partial charge in [-0.25, -0.2) is 0 Å². The largest absolute Gasteiger partial charge is 0.395 e. The van der Waals surface area contributed by atoms with E-state index in [1.54, 1.807) is 24.0 Å². The maximum absolute atomic E-state index is 12.0. The van der Waals surface area contributed by atoms with Crippen molar-refractivity contribution in [3.05, 3.63) is 46.2 Å². The summed E-state index contributed by atoms with van der Waals surface area (Å²) in [6.45, 7) is 0.472. The summed E-state index contributed by atoms with van der Waals surface area (Å²) in [5, 5.41) is 11.5. The fourth-order valence-corrected chi connectivity index (χ4v) is 1.99. The SMILES string of the molecule is O=C(NCc1cncs1)c1cncc(C#CCCO)c1. The van der Waals surface area contributed by atoms with Crippen molar-refractivity contribution < 1.29 is 9.90 Å². The monoisotopic (exact) mass is 287 g/mol. The van der Waals surface area contributed by atoms with Gasteiger partial charge in [0.15, 0.2) is 0 Å². The Bertz CT molecular complexity index is 629. The van der Waals surface area contributed by atoms with Crippen LogP contribution >= 0.6 is 11.3 Å². The first-order chi connectivity index (χ1) is 9.79.